The summed E-state index contributed by atoms with van der Waals surface area (Å²) in [5.41, 5.74) is 1.33. The number of hydrogen-bond acceptors (Lipinski definition) is 2. The number of benzene rings is 2. The lowest BCUT2D eigenvalue weighted by Crippen LogP contribution is -1.70. The molecule has 0 bridgehead atoms. The molecule has 0 saturated carbocycles. The van der Waals surface area contributed by atoms with Crippen LogP contribution in [-0.4, -0.2) is 12.5 Å². The average molecular weight is 262 g/mol. The van der Waals surface area contributed by atoms with Gasteiger partial charge >= 0.3 is 0 Å². The van der Waals surface area contributed by atoms with E-state index in [2.05, 4.69) is 55.8 Å². The molecule has 0 spiro atoms. The largest absolute Gasteiger partial charge is 0.130 e. The second-order valence-electron chi connectivity index (χ2n) is 3.53. The molecule has 0 atom stereocenters. The normalized spacial score (nSPS) is 9.35. The monoisotopic (exact) mass is 262 g/mol. The van der Waals surface area contributed by atoms with E-state index in [9.17, 15) is 0 Å². The van der Waals surface area contributed by atoms with E-state index in [4.69, 9.17) is 0 Å². The van der Waals surface area contributed by atoms with Crippen LogP contribution in [0.2, 0.25) is 0 Å². The minimum atomic E-state index is 1.33. The van der Waals surface area contributed by atoms with Crippen LogP contribution in [0.25, 0.3) is 0 Å². The standard InChI is InChI=1S/C8H10S.C7H8S/c1-7-3-5-8(9-2)6-4-7;1-8-7-5-3-2-4-6-7/h3-6H,1-2H3;2-6H,1H3. The van der Waals surface area contributed by atoms with Gasteiger partial charge in [0.05, 0.1) is 0 Å². The van der Waals surface area contributed by atoms with Crippen molar-refractivity contribution in [1.29, 1.82) is 0 Å². The van der Waals surface area contributed by atoms with Gasteiger partial charge in [0, 0.05) is 9.79 Å². The lowest BCUT2D eigenvalue weighted by atomic mass is 10.2. The predicted molar refractivity (Wildman–Crippen MR) is 81.2 cm³/mol. The van der Waals surface area contributed by atoms with Crippen molar-refractivity contribution in [1.82, 2.24) is 0 Å². The third-order valence-electron chi connectivity index (χ3n) is 2.24. The maximum atomic E-state index is 2.14. The third kappa shape index (κ3) is 5.85. The molecule has 0 aliphatic rings. The van der Waals surface area contributed by atoms with Gasteiger partial charge in [0.15, 0.2) is 0 Å². The van der Waals surface area contributed by atoms with Crippen molar-refractivity contribution in [2.45, 2.75) is 16.7 Å². The number of hydrogen-bond donors (Lipinski definition) is 0. The van der Waals surface area contributed by atoms with E-state index >= 15 is 0 Å². The molecular formula is C15H18S2. The Hall–Kier alpha value is -0.860. The number of thioether (sulfide) groups is 2. The van der Waals surface area contributed by atoms with Crippen molar-refractivity contribution in [3.63, 3.8) is 0 Å². The highest BCUT2D eigenvalue weighted by atomic mass is 32.2. The smallest absolute Gasteiger partial charge is 0.00693 e. The van der Waals surface area contributed by atoms with Crippen LogP contribution < -0.4 is 0 Å². The van der Waals surface area contributed by atoms with Crippen LogP contribution in [0.15, 0.2) is 64.4 Å². The van der Waals surface area contributed by atoms with Crippen LogP contribution in [0.4, 0.5) is 0 Å². The highest BCUT2D eigenvalue weighted by Crippen LogP contribution is 2.13. The fourth-order valence-electron chi connectivity index (χ4n) is 1.23. The van der Waals surface area contributed by atoms with Gasteiger partial charge in [0.2, 0.25) is 0 Å². The summed E-state index contributed by atoms with van der Waals surface area (Å²) in [6.45, 7) is 2.10. The highest BCUT2D eigenvalue weighted by Gasteiger charge is 1.85. The van der Waals surface area contributed by atoms with Crippen molar-refractivity contribution in [2.24, 2.45) is 0 Å². The van der Waals surface area contributed by atoms with E-state index in [1.54, 1.807) is 23.5 Å². The number of aryl methyl sites for hydroxylation is 1. The predicted octanol–water partition coefficient (Wildman–Crippen LogP) is 5.13. The SMILES string of the molecule is CSc1ccc(C)cc1.CSc1ccccc1. The maximum absolute atomic E-state index is 2.14. The molecule has 0 N–H and O–H groups in total. The molecule has 2 aromatic rings. The molecule has 0 aliphatic heterocycles. The van der Waals surface area contributed by atoms with Gasteiger partial charge in [-0.3, -0.25) is 0 Å². The van der Waals surface area contributed by atoms with Crippen LogP contribution in [-0.2, 0) is 0 Å². The van der Waals surface area contributed by atoms with Crippen LogP contribution in [0, 0.1) is 6.92 Å². The summed E-state index contributed by atoms with van der Waals surface area (Å²) < 4.78 is 0. The lowest BCUT2D eigenvalue weighted by molar-refractivity contribution is 1.38. The third-order valence-corrected chi connectivity index (χ3v) is 3.72. The van der Waals surface area contributed by atoms with Crippen molar-refractivity contribution in [3.8, 4) is 0 Å². The van der Waals surface area contributed by atoms with Crippen LogP contribution >= 0.6 is 23.5 Å². The molecular weight excluding hydrogens is 244 g/mol. The molecule has 0 amide bonds. The average Bonchev–Trinajstić information content (AvgIpc) is 2.41. The van der Waals surface area contributed by atoms with Crippen molar-refractivity contribution < 1.29 is 0 Å². The molecule has 0 aromatic heterocycles. The van der Waals surface area contributed by atoms with E-state index in [1.165, 1.54) is 15.4 Å². The molecule has 0 nitrogen and oxygen atoms in total. The molecule has 90 valence electrons. The molecule has 0 heterocycles. The molecule has 2 rings (SSSR count). The highest BCUT2D eigenvalue weighted by molar-refractivity contribution is 7.98. The summed E-state index contributed by atoms with van der Waals surface area (Å²) in [4.78, 5) is 2.66. The summed E-state index contributed by atoms with van der Waals surface area (Å²) in [5, 5.41) is 0. The van der Waals surface area contributed by atoms with Gasteiger partial charge in [0.1, 0.15) is 0 Å². The van der Waals surface area contributed by atoms with Crippen molar-refractivity contribution >= 4 is 23.5 Å². The molecule has 0 fully saturated rings. The summed E-state index contributed by atoms with van der Waals surface area (Å²) in [6.07, 6.45) is 4.17. The minimum Gasteiger partial charge on any atom is -0.130 e. The molecule has 2 heteroatoms. The summed E-state index contributed by atoms with van der Waals surface area (Å²) in [5.74, 6) is 0. The van der Waals surface area contributed by atoms with Crippen molar-refractivity contribution in [2.75, 3.05) is 12.5 Å². The van der Waals surface area contributed by atoms with Gasteiger partial charge < -0.3 is 0 Å². The molecule has 17 heavy (non-hydrogen) atoms. The Kier molecular flexibility index (Phi) is 6.90. The fourth-order valence-corrected chi connectivity index (χ4v) is 2.07. The lowest BCUT2D eigenvalue weighted by Gasteiger charge is -1.93. The number of rotatable bonds is 2. The first-order chi connectivity index (χ1) is 8.26. The second kappa shape index (κ2) is 8.26. The van der Waals surface area contributed by atoms with Gasteiger partial charge in [-0.05, 0) is 43.7 Å². The molecule has 0 unspecified atom stereocenters. The van der Waals surface area contributed by atoms with Gasteiger partial charge in [-0.25, -0.2) is 0 Å². The van der Waals surface area contributed by atoms with Crippen LogP contribution in [0.5, 0.6) is 0 Å². The Morgan fingerprint density at radius 3 is 1.53 bits per heavy atom. The first-order valence-electron chi connectivity index (χ1n) is 5.46. The first-order valence-corrected chi connectivity index (χ1v) is 7.91. The summed E-state index contributed by atoms with van der Waals surface area (Å²) in [6, 6.07) is 18.9. The second-order valence-corrected chi connectivity index (χ2v) is 5.29. The Bertz CT molecular complexity index is 407. The van der Waals surface area contributed by atoms with E-state index in [0.717, 1.165) is 0 Å². The van der Waals surface area contributed by atoms with E-state index in [1.807, 2.05) is 18.2 Å². The molecule has 0 saturated heterocycles. The molecule has 0 aliphatic carbocycles. The first kappa shape index (κ1) is 14.2. The van der Waals surface area contributed by atoms with Crippen LogP contribution in [0.3, 0.4) is 0 Å². The van der Waals surface area contributed by atoms with Crippen LogP contribution in [0.1, 0.15) is 5.56 Å². The van der Waals surface area contributed by atoms with Gasteiger partial charge in [0.25, 0.3) is 0 Å². The Labute approximate surface area is 113 Å². The zero-order valence-corrected chi connectivity index (χ0v) is 12.1. The minimum absolute atomic E-state index is 1.33. The van der Waals surface area contributed by atoms with E-state index in [0.29, 0.717) is 0 Å². The maximum Gasteiger partial charge on any atom is 0.00693 e. The van der Waals surface area contributed by atoms with Crippen molar-refractivity contribution in [3.05, 3.63) is 60.2 Å². The fraction of sp³-hybridized carbons (Fsp3) is 0.200. The Balaban J connectivity index is 0.000000171. The van der Waals surface area contributed by atoms with Gasteiger partial charge in [-0.1, -0.05) is 35.9 Å². The Morgan fingerprint density at radius 1 is 0.647 bits per heavy atom. The van der Waals surface area contributed by atoms with Gasteiger partial charge in [-0.15, -0.1) is 23.5 Å². The molecule has 0 radical (unpaired) electrons. The van der Waals surface area contributed by atoms with E-state index in [-0.39, 0.29) is 0 Å². The summed E-state index contributed by atoms with van der Waals surface area (Å²) in [7, 11) is 0. The zero-order valence-electron chi connectivity index (χ0n) is 10.5. The quantitative estimate of drug-likeness (QED) is 0.688. The summed E-state index contributed by atoms with van der Waals surface area (Å²) >= 11 is 3.55. The Morgan fingerprint density at radius 2 is 1.12 bits per heavy atom. The van der Waals surface area contributed by atoms with E-state index < -0.39 is 0 Å². The molecule has 2 aromatic carbocycles. The van der Waals surface area contributed by atoms with Gasteiger partial charge in [-0.2, -0.15) is 0 Å². The topological polar surface area (TPSA) is 0 Å². The zero-order chi connectivity index (χ0) is 12.5.